The van der Waals surface area contributed by atoms with E-state index in [-0.39, 0.29) is 0 Å². The number of hydrogen-bond donors (Lipinski definition) is 0. The van der Waals surface area contributed by atoms with Crippen molar-refractivity contribution in [1.29, 1.82) is 0 Å². The van der Waals surface area contributed by atoms with Crippen LogP contribution >= 0.6 is 34.4 Å². The predicted octanol–water partition coefficient (Wildman–Crippen LogP) is 4.36. The normalized spacial score (nSPS) is 10.8. The summed E-state index contributed by atoms with van der Waals surface area (Å²) in [4.78, 5) is 6.93. The third-order valence-corrected chi connectivity index (χ3v) is 5.47. The molecule has 0 saturated heterocycles. The van der Waals surface area contributed by atoms with Gasteiger partial charge in [0.25, 0.3) is 0 Å². The molecule has 6 heteroatoms. The van der Waals surface area contributed by atoms with Gasteiger partial charge in [-0.05, 0) is 36.8 Å². The van der Waals surface area contributed by atoms with Crippen LogP contribution < -0.4 is 0 Å². The second-order valence-electron chi connectivity index (χ2n) is 3.87. The van der Waals surface area contributed by atoms with Crippen molar-refractivity contribution in [2.75, 3.05) is 6.26 Å². The van der Waals surface area contributed by atoms with E-state index in [1.165, 1.54) is 4.88 Å². The Kier molecular flexibility index (Phi) is 3.63. The van der Waals surface area contributed by atoms with Crippen LogP contribution in [0.2, 0.25) is 0 Å². The van der Waals surface area contributed by atoms with Gasteiger partial charge in [0.2, 0.25) is 0 Å². The highest BCUT2D eigenvalue weighted by molar-refractivity contribution is 7.98. The molecule has 0 bridgehead atoms. The molecule has 3 rings (SSSR count). The standard InChI is InChI=1S/C13H11N3S3/c1-8-12(9-5-6-11(17-2)16-15-9)19-13(14-8)10-4-3-7-18-10/h3-7H,1-2H3. The Balaban J connectivity index is 2.00. The van der Waals surface area contributed by atoms with Crippen molar-refractivity contribution in [3.05, 3.63) is 35.3 Å². The molecular weight excluding hydrogens is 294 g/mol. The maximum atomic E-state index is 4.63. The number of hydrogen-bond acceptors (Lipinski definition) is 6. The zero-order valence-electron chi connectivity index (χ0n) is 10.5. The van der Waals surface area contributed by atoms with E-state index in [9.17, 15) is 0 Å². The summed E-state index contributed by atoms with van der Waals surface area (Å²) in [5.74, 6) is 0. The van der Waals surface area contributed by atoms with E-state index >= 15 is 0 Å². The molecule has 0 aliphatic heterocycles. The molecule has 3 heterocycles. The summed E-state index contributed by atoms with van der Waals surface area (Å²) in [6, 6.07) is 8.15. The summed E-state index contributed by atoms with van der Waals surface area (Å²) in [6.45, 7) is 2.02. The van der Waals surface area contributed by atoms with E-state index in [2.05, 4.69) is 26.6 Å². The van der Waals surface area contributed by atoms with Crippen LogP contribution in [0, 0.1) is 6.92 Å². The van der Waals surface area contributed by atoms with Crippen LogP contribution in [0.1, 0.15) is 5.69 Å². The highest BCUT2D eigenvalue weighted by atomic mass is 32.2. The van der Waals surface area contributed by atoms with E-state index in [1.807, 2.05) is 31.4 Å². The molecule has 0 N–H and O–H groups in total. The summed E-state index contributed by atoms with van der Waals surface area (Å²) >= 11 is 4.98. The summed E-state index contributed by atoms with van der Waals surface area (Å²) < 4.78 is 0. The van der Waals surface area contributed by atoms with Crippen molar-refractivity contribution in [3.8, 4) is 20.5 Å². The Bertz CT molecular complexity index is 672. The number of aryl methyl sites for hydroxylation is 1. The average Bonchev–Trinajstić information content (AvgIpc) is 3.08. The second-order valence-corrected chi connectivity index (χ2v) is 6.65. The van der Waals surface area contributed by atoms with E-state index in [1.54, 1.807) is 34.4 Å². The molecule has 0 radical (unpaired) electrons. The zero-order chi connectivity index (χ0) is 13.2. The molecule has 0 unspecified atom stereocenters. The number of nitrogens with zero attached hydrogens (tertiary/aromatic N) is 3. The van der Waals surface area contributed by atoms with Gasteiger partial charge in [-0.2, -0.15) is 0 Å². The smallest absolute Gasteiger partial charge is 0.134 e. The Morgan fingerprint density at radius 3 is 2.68 bits per heavy atom. The first kappa shape index (κ1) is 12.8. The van der Waals surface area contributed by atoms with Gasteiger partial charge in [0.05, 0.1) is 15.4 Å². The highest BCUT2D eigenvalue weighted by Crippen LogP contribution is 2.35. The molecule has 19 heavy (non-hydrogen) atoms. The van der Waals surface area contributed by atoms with Gasteiger partial charge in [0.1, 0.15) is 15.7 Å². The van der Waals surface area contributed by atoms with Gasteiger partial charge in [-0.3, -0.25) is 0 Å². The molecule has 0 spiro atoms. The van der Waals surface area contributed by atoms with Gasteiger partial charge < -0.3 is 0 Å². The molecule has 3 aromatic heterocycles. The number of thiophene rings is 1. The molecule has 3 nitrogen and oxygen atoms in total. The molecule has 0 saturated carbocycles. The van der Waals surface area contributed by atoms with E-state index in [4.69, 9.17) is 0 Å². The predicted molar refractivity (Wildman–Crippen MR) is 83.0 cm³/mol. The lowest BCUT2D eigenvalue weighted by molar-refractivity contribution is 0.938. The molecule has 96 valence electrons. The fourth-order valence-electron chi connectivity index (χ4n) is 1.69. The molecular formula is C13H11N3S3. The summed E-state index contributed by atoms with van der Waals surface area (Å²) in [5, 5.41) is 12.5. The molecule has 0 amide bonds. The van der Waals surface area contributed by atoms with E-state index in [0.29, 0.717) is 0 Å². The molecule has 0 fully saturated rings. The minimum Gasteiger partial charge on any atom is -0.240 e. The SMILES string of the molecule is CSc1ccc(-c2sc(-c3cccs3)nc2C)nn1. The highest BCUT2D eigenvalue weighted by Gasteiger charge is 2.13. The second kappa shape index (κ2) is 5.40. The van der Waals surface area contributed by atoms with Crippen LogP contribution in [-0.4, -0.2) is 21.4 Å². The van der Waals surface area contributed by atoms with Gasteiger partial charge >= 0.3 is 0 Å². The molecule has 0 aliphatic carbocycles. The third-order valence-electron chi connectivity index (χ3n) is 2.61. The van der Waals surface area contributed by atoms with Gasteiger partial charge in [0.15, 0.2) is 0 Å². The van der Waals surface area contributed by atoms with Gasteiger partial charge in [-0.15, -0.1) is 44.6 Å². The van der Waals surface area contributed by atoms with Crippen molar-refractivity contribution >= 4 is 34.4 Å². The fourth-order valence-corrected chi connectivity index (χ4v) is 3.84. The first-order chi connectivity index (χ1) is 9.28. The van der Waals surface area contributed by atoms with Gasteiger partial charge in [-0.25, -0.2) is 4.98 Å². The quantitative estimate of drug-likeness (QED) is 0.674. The Morgan fingerprint density at radius 2 is 2.05 bits per heavy atom. The zero-order valence-corrected chi connectivity index (χ0v) is 12.9. The van der Waals surface area contributed by atoms with Crippen molar-refractivity contribution in [3.63, 3.8) is 0 Å². The summed E-state index contributed by atoms with van der Waals surface area (Å²) in [7, 11) is 0. The van der Waals surface area contributed by atoms with E-state index in [0.717, 1.165) is 26.3 Å². The van der Waals surface area contributed by atoms with Gasteiger partial charge in [-0.1, -0.05) is 6.07 Å². The maximum absolute atomic E-state index is 4.63. The lowest BCUT2D eigenvalue weighted by Crippen LogP contribution is -1.88. The molecule has 0 aliphatic rings. The van der Waals surface area contributed by atoms with Crippen LogP contribution in [0.15, 0.2) is 34.7 Å². The Morgan fingerprint density at radius 1 is 1.16 bits per heavy atom. The number of thiazole rings is 1. The lowest BCUT2D eigenvalue weighted by Gasteiger charge is -1.97. The van der Waals surface area contributed by atoms with Crippen LogP contribution in [0.4, 0.5) is 0 Å². The van der Waals surface area contributed by atoms with Crippen LogP contribution in [-0.2, 0) is 0 Å². The first-order valence-corrected chi connectivity index (χ1v) is 8.59. The van der Waals surface area contributed by atoms with Crippen molar-refractivity contribution in [2.45, 2.75) is 11.9 Å². The fraction of sp³-hybridized carbons (Fsp3) is 0.154. The summed E-state index contributed by atoms with van der Waals surface area (Å²) in [5.41, 5.74) is 1.91. The summed E-state index contributed by atoms with van der Waals surface area (Å²) in [6.07, 6.45) is 2.00. The number of rotatable bonds is 3. The minimum absolute atomic E-state index is 0.899. The Hall–Kier alpha value is -1.24. The molecule has 0 atom stereocenters. The van der Waals surface area contributed by atoms with Crippen molar-refractivity contribution < 1.29 is 0 Å². The first-order valence-electron chi connectivity index (χ1n) is 5.67. The topological polar surface area (TPSA) is 38.7 Å². The largest absolute Gasteiger partial charge is 0.240 e. The van der Waals surface area contributed by atoms with Crippen LogP contribution in [0.5, 0.6) is 0 Å². The minimum atomic E-state index is 0.899. The average molecular weight is 305 g/mol. The molecule has 3 aromatic rings. The van der Waals surface area contributed by atoms with Gasteiger partial charge in [0, 0.05) is 0 Å². The van der Waals surface area contributed by atoms with E-state index < -0.39 is 0 Å². The monoisotopic (exact) mass is 305 g/mol. The van der Waals surface area contributed by atoms with Crippen LogP contribution in [0.3, 0.4) is 0 Å². The van der Waals surface area contributed by atoms with Crippen LogP contribution in [0.25, 0.3) is 20.5 Å². The molecule has 0 aromatic carbocycles. The number of thioether (sulfide) groups is 1. The Labute approximate surface area is 123 Å². The maximum Gasteiger partial charge on any atom is 0.134 e. The third kappa shape index (κ3) is 2.56. The van der Waals surface area contributed by atoms with Crippen molar-refractivity contribution in [2.24, 2.45) is 0 Å². The van der Waals surface area contributed by atoms with Crippen molar-refractivity contribution in [1.82, 2.24) is 15.2 Å². The lowest BCUT2D eigenvalue weighted by atomic mass is 10.3. The number of aromatic nitrogens is 3.